The molecule has 158 valence electrons. The molecule has 0 aromatic rings. The maximum Gasteiger partial charge on any atom is 0.409 e. The van der Waals surface area contributed by atoms with Gasteiger partial charge in [0, 0.05) is 14.1 Å². The number of nitrogens with zero attached hydrogens (tertiary/aromatic N) is 3. The molecule has 0 saturated heterocycles. The molecule has 0 aliphatic carbocycles. The molecule has 26 heavy (non-hydrogen) atoms. The Balaban J connectivity index is 0. The zero-order valence-corrected chi connectivity index (χ0v) is 20.1. The minimum absolute atomic E-state index is 0. The van der Waals surface area contributed by atoms with Gasteiger partial charge >= 0.3 is 6.09 Å². The number of ether oxygens (including phenoxy) is 1. The monoisotopic (exact) mass is 438 g/mol. The number of carbonyl (C=O) groups is 1. The number of unbranched alkanes of at least 4 members (excludes halogenated alkanes) is 7. The number of halogens is 1. The minimum Gasteiger partial charge on any atom is -1.00 e. The molecule has 0 heterocycles. The van der Waals surface area contributed by atoms with Crippen LogP contribution >= 0.6 is 0 Å². The van der Waals surface area contributed by atoms with E-state index in [9.17, 15) is 4.79 Å². The second kappa shape index (κ2) is 14.7. The van der Waals surface area contributed by atoms with E-state index >= 15 is 0 Å². The smallest absolute Gasteiger partial charge is 0.409 e. The molecule has 0 fully saturated rings. The number of hydrogen-bond acceptors (Lipinski definition) is 2. The average molecular weight is 440 g/mol. The second-order valence-corrected chi connectivity index (χ2v) is 9.23. The number of rotatable bonds is 14. The van der Waals surface area contributed by atoms with Crippen LogP contribution in [-0.4, -0.2) is 95.5 Å². The Kier molecular flexibility index (Phi) is 15.8. The molecule has 0 aromatic heterocycles. The Morgan fingerprint density at radius 3 is 1.58 bits per heavy atom. The number of likely N-dealkylation sites (N-methyl/N-ethyl adjacent to an activating group) is 1. The van der Waals surface area contributed by atoms with E-state index in [0.29, 0.717) is 6.61 Å². The minimum atomic E-state index is -0.249. The van der Waals surface area contributed by atoms with Gasteiger partial charge in [0.15, 0.2) is 0 Å². The predicted octanol–water partition coefficient (Wildman–Crippen LogP) is 0.592. The molecule has 0 radical (unpaired) electrons. The van der Waals surface area contributed by atoms with Crippen LogP contribution in [0.2, 0.25) is 0 Å². The lowest BCUT2D eigenvalue weighted by atomic mass is 10.1. The first-order valence-corrected chi connectivity index (χ1v) is 10.00. The third kappa shape index (κ3) is 18.5. The summed E-state index contributed by atoms with van der Waals surface area (Å²) in [7, 11) is 14.7. The summed E-state index contributed by atoms with van der Waals surface area (Å²) in [6.07, 6.45) is 10.6. The summed E-state index contributed by atoms with van der Waals surface area (Å²) < 4.78 is 7.23. The van der Waals surface area contributed by atoms with Gasteiger partial charge in [-0.15, -0.1) is 0 Å². The van der Waals surface area contributed by atoms with Crippen LogP contribution < -0.4 is 17.0 Å². The number of amides is 1. The van der Waals surface area contributed by atoms with Crippen molar-refractivity contribution in [3.8, 4) is 0 Å². The van der Waals surface area contributed by atoms with E-state index in [1.807, 2.05) is 0 Å². The van der Waals surface area contributed by atoms with E-state index in [-0.39, 0.29) is 23.1 Å². The Bertz CT molecular complexity index is 355. The molecule has 0 aliphatic rings. The number of carbonyl (C=O) groups excluding carboxylic acids is 1. The fourth-order valence-corrected chi connectivity index (χ4v) is 2.81. The van der Waals surface area contributed by atoms with Crippen LogP contribution in [0.1, 0.15) is 51.4 Å². The highest BCUT2D eigenvalue weighted by molar-refractivity contribution is 5.66. The third-order valence-electron chi connectivity index (χ3n) is 4.63. The van der Waals surface area contributed by atoms with Crippen LogP contribution in [0.3, 0.4) is 0 Å². The molecule has 0 N–H and O–H groups in total. The quantitative estimate of drug-likeness (QED) is 0.293. The molecule has 0 aromatic carbocycles. The van der Waals surface area contributed by atoms with Crippen molar-refractivity contribution in [1.29, 1.82) is 0 Å². The van der Waals surface area contributed by atoms with Crippen LogP contribution in [0.5, 0.6) is 0 Å². The molecule has 0 aliphatic heterocycles. The molecule has 1 amide bonds. The van der Waals surface area contributed by atoms with E-state index in [2.05, 4.69) is 35.2 Å². The number of quaternary nitrogens is 2. The van der Waals surface area contributed by atoms with Crippen LogP contribution in [0.4, 0.5) is 4.79 Å². The van der Waals surface area contributed by atoms with Gasteiger partial charge in [-0.25, -0.2) is 4.79 Å². The lowest BCUT2D eigenvalue weighted by Crippen LogP contribution is -3.00. The largest absolute Gasteiger partial charge is 1.00 e. The van der Waals surface area contributed by atoms with Crippen LogP contribution in [0.15, 0.2) is 0 Å². The lowest BCUT2D eigenvalue weighted by Gasteiger charge is -2.29. The van der Waals surface area contributed by atoms with E-state index in [1.54, 1.807) is 14.1 Å². The van der Waals surface area contributed by atoms with E-state index in [0.717, 1.165) is 22.1 Å². The highest BCUT2D eigenvalue weighted by atomic mass is 79.9. The van der Waals surface area contributed by atoms with E-state index < -0.39 is 0 Å². The topological polar surface area (TPSA) is 29.5 Å². The molecular weight excluding hydrogens is 394 g/mol. The summed E-state index contributed by atoms with van der Waals surface area (Å²) in [5, 5.41) is 0. The first-order valence-electron chi connectivity index (χ1n) is 10.00. The van der Waals surface area contributed by atoms with Crippen molar-refractivity contribution in [2.45, 2.75) is 51.4 Å². The van der Waals surface area contributed by atoms with Crippen molar-refractivity contribution >= 4 is 6.09 Å². The van der Waals surface area contributed by atoms with Crippen molar-refractivity contribution < 1.29 is 35.5 Å². The molecule has 6 heteroatoms. The van der Waals surface area contributed by atoms with Crippen LogP contribution in [0.25, 0.3) is 0 Å². The Morgan fingerprint density at radius 1 is 0.731 bits per heavy atom. The van der Waals surface area contributed by atoms with E-state index in [1.165, 1.54) is 62.8 Å². The van der Waals surface area contributed by atoms with Gasteiger partial charge in [0.2, 0.25) is 0 Å². The number of hydrogen-bond donors (Lipinski definition) is 0. The first kappa shape index (κ1) is 27.9. The van der Waals surface area contributed by atoms with Crippen molar-refractivity contribution in [2.75, 3.05) is 75.6 Å². The first-order chi connectivity index (χ1) is 11.5. The Hall–Kier alpha value is -0.330. The SMILES string of the molecule is CN(C)C(=O)OCC[N+](C)(C)CCCCCCCCCC[N+](C)(C)C.[Br-]. The third-order valence-corrected chi connectivity index (χ3v) is 4.63. The summed E-state index contributed by atoms with van der Waals surface area (Å²) in [6, 6.07) is 0. The molecule has 0 bridgehead atoms. The Labute approximate surface area is 173 Å². The molecule has 0 spiro atoms. The van der Waals surface area contributed by atoms with Gasteiger partial charge in [0.25, 0.3) is 0 Å². The van der Waals surface area contributed by atoms with Gasteiger partial charge in [-0.2, -0.15) is 0 Å². The van der Waals surface area contributed by atoms with Crippen molar-refractivity contribution in [1.82, 2.24) is 4.90 Å². The maximum absolute atomic E-state index is 11.4. The fourth-order valence-electron chi connectivity index (χ4n) is 2.81. The maximum atomic E-state index is 11.4. The fraction of sp³-hybridized carbons (Fsp3) is 0.950. The molecule has 5 nitrogen and oxygen atoms in total. The molecule has 0 saturated carbocycles. The Morgan fingerprint density at radius 2 is 1.15 bits per heavy atom. The zero-order chi connectivity index (χ0) is 19.3. The van der Waals surface area contributed by atoms with Gasteiger partial charge in [0.05, 0.1) is 48.3 Å². The highest BCUT2D eigenvalue weighted by Gasteiger charge is 2.15. The van der Waals surface area contributed by atoms with Crippen LogP contribution in [0, 0.1) is 0 Å². The molecule has 0 rings (SSSR count). The summed E-state index contributed by atoms with van der Waals surface area (Å²) in [6.45, 7) is 3.82. The standard InChI is InChI=1S/C20H45N3O2.BrH/c1-21(2)20(24)25-19-18-23(6,7)17-15-13-11-9-8-10-12-14-16-22(3,4)5;/h8-19H2,1-7H3;1H/q+2;/p-1. The van der Waals surface area contributed by atoms with Crippen molar-refractivity contribution in [3.63, 3.8) is 0 Å². The van der Waals surface area contributed by atoms with E-state index in [4.69, 9.17) is 4.74 Å². The normalized spacial score (nSPS) is 11.8. The molecule has 0 atom stereocenters. The van der Waals surface area contributed by atoms with Crippen LogP contribution in [-0.2, 0) is 4.74 Å². The van der Waals surface area contributed by atoms with Gasteiger partial charge in [-0.1, -0.05) is 25.7 Å². The highest BCUT2D eigenvalue weighted by Crippen LogP contribution is 2.11. The lowest BCUT2D eigenvalue weighted by molar-refractivity contribution is -0.890. The van der Waals surface area contributed by atoms with Crippen molar-refractivity contribution in [2.24, 2.45) is 0 Å². The van der Waals surface area contributed by atoms with Gasteiger partial charge in [-0.05, 0) is 25.7 Å². The van der Waals surface area contributed by atoms with Gasteiger partial charge in [-0.3, -0.25) is 0 Å². The van der Waals surface area contributed by atoms with Crippen molar-refractivity contribution in [3.05, 3.63) is 0 Å². The summed E-state index contributed by atoms with van der Waals surface area (Å²) >= 11 is 0. The average Bonchev–Trinajstić information content (AvgIpc) is 2.47. The zero-order valence-electron chi connectivity index (χ0n) is 18.5. The second-order valence-electron chi connectivity index (χ2n) is 9.23. The predicted molar refractivity (Wildman–Crippen MR) is 107 cm³/mol. The molecular formula is C20H45BrN3O2+. The summed E-state index contributed by atoms with van der Waals surface area (Å²) in [5.41, 5.74) is 0. The summed E-state index contributed by atoms with van der Waals surface area (Å²) in [4.78, 5) is 12.9. The van der Waals surface area contributed by atoms with Gasteiger partial charge in [0.1, 0.15) is 13.2 Å². The van der Waals surface area contributed by atoms with Gasteiger partial charge < -0.3 is 35.6 Å². The summed E-state index contributed by atoms with van der Waals surface area (Å²) in [5.74, 6) is 0. The molecule has 0 unspecified atom stereocenters.